The molecule has 2 rings (SSSR count). The van der Waals surface area contributed by atoms with Gasteiger partial charge in [-0.15, -0.1) is 0 Å². The number of nitrogens with two attached hydrogens (primary N) is 1. The lowest BCUT2D eigenvalue weighted by Gasteiger charge is -2.18. The Hall–Kier alpha value is -1.59. The summed E-state index contributed by atoms with van der Waals surface area (Å²) in [6.07, 6.45) is 1.39. The van der Waals surface area contributed by atoms with E-state index in [1.54, 1.807) is 11.9 Å². The number of nitrogens with zero attached hydrogens (tertiary/aromatic N) is 2. The minimum atomic E-state index is -0.188. The van der Waals surface area contributed by atoms with Gasteiger partial charge in [0.25, 0.3) is 5.91 Å². The second-order valence-electron chi connectivity index (χ2n) is 4.38. The Morgan fingerprint density at radius 3 is 2.70 bits per heavy atom. The normalized spacial score (nSPS) is 10.3. The average Bonchev–Trinajstić information content (AvgIpc) is 2.43. The molecule has 0 saturated carbocycles. The van der Waals surface area contributed by atoms with Gasteiger partial charge < -0.3 is 10.6 Å². The lowest BCUT2D eigenvalue weighted by Crippen LogP contribution is -2.26. The smallest absolute Gasteiger partial charge is 0.255 e. The van der Waals surface area contributed by atoms with Gasteiger partial charge >= 0.3 is 0 Å². The van der Waals surface area contributed by atoms with E-state index < -0.39 is 0 Å². The first-order chi connectivity index (χ1) is 9.47. The van der Waals surface area contributed by atoms with Crippen molar-refractivity contribution in [3.8, 4) is 0 Å². The zero-order valence-electron chi connectivity index (χ0n) is 10.8. The predicted octanol–water partition coefficient (Wildman–Crippen LogP) is 3.35. The van der Waals surface area contributed by atoms with Gasteiger partial charge in [0.15, 0.2) is 0 Å². The molecule has 0 aliphatic heterocycles. The van der Waals surface area contributed by atoms with E-state index in [4.69, 9.17) is 17.3 Å². The number of carbonyl (C=O) groups excluding carboxylic acids is 1. The van der Waals surface area contributed by atoms with Gasteiger partial charge in [-0.1, -0.05) is 39.7 Å². The first kappa shape index (κ1) is 14.8. The van der Waals surface area contributed by atoms with E-state index in [0.29, 0.717) is 17.1 Å². The van der Waals surface area contributed by atoms with Crippen LogP contribution in [0.25, 0.3) is 0 Å². The summed E-state index contributed by atoms with van der Waals surface area (Å²) < 4.78 is 1.00. The summed E-state index contributed by atoms with van der Waals surface area (Å²) in [5.41, 5.74) is 6.98. The SMILES string of the molecule is CN(Cc1ccc(Br)cc1)C(=O)c1cc(N)ncc1Cl. The van der Waals surface area contributed by atoms with E-state index in [9.17, 15) is 4.79 Å². The molecule has 4 nitrogen and oxygen atoms in total. The molecule has 1 heterocycles. The maximum Gasteiger partial charge on any atom is 0.255 e. The summed E-state index contributed by atoms with van der Waals surface area (Å²) in [5.74, 6) is 0.0850. The molecule has 2 N–H and O–H groups in total. The fourth-order valence-corrected chi connectivity index (χ4v) is 2.21. The molecule has 0 spiro atoms. The van der Waals surface area contributed by atoms with Crippen molar-refractivity contribution in [2.75, 3.05) is 12.8 Å². The molecule has 0 bridgehead atoms. The molecule has 0 fully saturated rings. The fraction of sp³-hybridized carbons (Fsp3) is 0.143. The van der Waals surface area contributed by atoms with E-state index in [-0.39, 0.29) is 11.7 Å². The largest absolute Gasteiger partial charge is 0.384 e. The van der Waals surface area contributed by atoms with Crippen molar-refractivity contribution >= 4 is 39.3 Å². The molecule has 0 unspecified atom stereocenters. The average molecular weight is 355 g/mol. The van der Waals surface area contributed by atoms with Gasteiger partial charge in [0.2, 0.25) is 0 Å². The number of rotatable bonds is 3. The van der Waals surface area contributed by atoms with Crippen LogP contribution in [0, 0.1) is 0 Å². The van der Waals surface area contributed by atoms with Crippen LogP contribution in [0.15, 0.2) is 41.0 Å². The first-order valence-electron chi connectivity index (χ1n) is 5.88. The van der Waals surface area contributed by atoms with Crippen LogP contribution in [-0.2, 0) is 6.54 Å². The van der Waals surface area contributed by atoms with Gasteiger partial charge in [0.05, 0.1) is 10.6 Å². The molecule has 1 aromatic carbocycles. The molecule has 104 valence electrons. The van der Waals surface area contributed by atoms with E-state index in [0.717, 1.165) is 10.0 Å². The van der Waals surface area contributed by atoms with Crippen molar-refractivity contribution in [2.24, 2.45) is 0 Å². The van der Waals surface area contributed by atoms with Crippen LogP contribution in [0.2, 0.25) is 5.02 Å². The zero-order valence-corrected chi connectivity index (χ0v) is 13.1. The van der Waals surface area contributed by atoms with Gasteiger partial charge in [0.1, 0.15) is 5.82 Å². The lowest BCUT2D eigenvalue weighted by molar-refractivity contribution is 0.0785. The summed E-state index contributed by atoms with van der Waals surface area (Å²) in [7, 11) is 1.72. The quantitative estimate of drug-likeness (QED) is 0.919. The first-order valence-corrected chi connectivity index (χ1v) is 7.05. The Bertz CT molecular complexity index is 631. The van der Waals surface area contributed by atoms with Gasteiger partial charge in [-0.3, -0.25) is 4.79 Å². The molecule has 1 amide bonds. The van der Waals surface area contributed by atoms with Crippen molar-refractivity contribution in [3.05, 3.63) is 57.2 Å². The second kappa shape index (κ2) is 6.24. The van der Waals surface area contributed by atoms with Crippen molar-refractivity contribution in [1.82, 2.24) is 9.88 Å². The molecule has 0 saturated heterocycles. The number of hydrogen-bond donors (Lipinski definition) is 1. The molecule has 0 atom stereocenters. The molecule has 0 aliphatic carbocycles. The third-order valence-electron chi connectivity index (χ3n) is 2.79. The molecular weight excluding hydrogens is 342 g/mol. The third kappa shape index (κ3) is 3.49. The van der Waals surface area contributed by atoms with E-state index in [1.807, 2.05) is 24.3 Å². The molecule has 0 aliphatic rings. The van der Waals surface area contributed by atoms with Crippen molar-refractivity contribution < 1.29 is 4.79 Å². The Morgan fingerprint density at radius 1 is 1.40 bits per heavy atom. The Morgan fingerprint density at radius 2 is 2.05 bits per heavy atom. The minimum Gasteiger partial charge on any atom is -0.384 e. The molecule has 2 aromatic rings. The highest BCUT2D eigenvalue weighted by molar-refractivity contribution is 9.10. The zero-order chi connectivity index (χ0) is 14.7. The number of amides is 1. The van der Waals surface area contributed by atoms with E-state index in [1.165, 1.54) is 12.3 Å². The van der Waals surface area contributed by atoms with Crippen molar-refractivity contribution in [2.45, 2.75) is 6.54 Å². The number of benzene rings is 1. The standard InChI is InChI=1S/C14H13BrClN3O/c1-19(8-9-2-4-10(15)5-3-9)14(20)11-6-13(17)18-7-12(11)16/h2-7H,8H2,1H3,(H2,17,18). The number of pyridine rings is 1. The molecule has 0 radical (unpaired) electrons. The monoisotopic (exact) mass is 353 g/mol. The topological polar surface area (TPSA) is 59.2 Å². The third-order valence-corrected chi connectivity index (χ3v) is 3.62. The lowest BCUT2D eigenvalue weighted by atomic mass is 10.2. The van der Waals surface area contributed by atoms with E-state index >= 15 is 0 Å². The van der Waals surface area contributed by atoms with Crippen LogP contribution in [0.4, 0.5) is 5.82 Å². The molecule has 20 heavy (non-hydrogen) atoms. The number of anilines is 1. The van der Waals surface area contributed by atoms with Gasteiger partial charge in [-0.2, -0.15) is 0 Å². The van der Waals surface area contributed by atoms with Crippen LogP contribution in [-0.4, -0.2) is 22.8 Å². The molecule has 1 aromatic heterocycles. The van der Waals surface area contributed by atoms with Gasteiger partial charge in [0, 0.05) is 24.3 Å². The van der Waals surface area contributed by atoms with Crippen LogP contribution in [0.1, 0.15) is 15.9 Å². The number of aromatic nitrogens is 1. The second-order valence-corrected chi connectivity index (χ2v) is 5.70. The predicted molar refractivity (Wildman–Crippen MR) is 83.6 cm³/mol. The van der Waals surface area contributed by atoms with Gasteiger partial charge in [-0.25, -0.2) is 4.98 Å². The van der Waals surface area contributed by atoms with Crippen molar-refractivity contribution in [3.63, 3.8) is 0 Å². The number of hydrogen-bond acceptors (Lipinski definition) is 3. The minimum absolute atomic E-state index is 0.188. The summed E-state index contributed by atoms with van der Waals surface area (Å²) in [6, 6.07) is 9.27. The molecular formula is C14H13BrClN3O. The van der Waals surface area contributed by atoms with Gasteiger partial charge in [-0.05, 0) is 23.8 Å². The summed E-state index contributed by atoms with van der Waals surface area (Å²) in [6.45, 7) is 0.491. The van der Waals surface area contributed by atoms with E-state index in [2.05, 4.69) is 20.9 Å². The van der Waals surface area contributed by atoms with Crippen LogP contribution in [0.5, 0.6) is 0 Å². The highest BCUT2D eigenvalue weighted by Crippen LogP contribution is 2.19. The van der Waals surface area contributed by atoms with Crippen LogP contribution >= 0.6 is 27.5 Å². The number of carbonyl (C=O) groups is 1. The summed E-state index contributed by atoms with van der Waals surface area (Å²) in [4.78, 5) is 17.8. The maximum atomic E-state index is 12.3. The highest BCUT2D eigenvalue weighted by atomic mass is 79.9. The Balaban J connectivity index is 2.16. The highest BCUT2D eigenvalue weighted by Gasteiger charge is 2.16. The van der Waals surface area contributed by atoms with Crippen LogP contribution < -0.4 is 5.73 Å². The summed E-state index contributed by atoms with van der Waals surface area (Å²) >= 11 is 9.36. The Labute approximate surface area is 130 Å². The summed E-state index contributed by atoms with van der Waals surface area (Å²) in [5, 5.41) is 0.298. The fourth-order valence-electron chi connectivity index (χ4n) is 1.76. The van der Waals surface area contributed by atoms with Crippen LogP contribution in [0.3, 0.4) is 0 Å². The Kier molecular flexibility index (Phi) is 4.62. The number of nitrogen functional groups attached to an aromatic ring is 1. The van der Waals surface area contributed by atoms with Crippen molar-refractivity contribution in [1.29, 1.82) is 0 Å². The maximum absolute atomic E-state index is 12.3. The molecule has 6 heteroatoms. The number of halogens is 2.